The molecule has 13 heavy (non-hydrogen) atoms. The summed E-state index contributed by atoms with van der Waals surface area (Å²) in [6.45, 7) is 2.12. The van der Waals surface area contributed by atoms with Crippen LogP contribution in [0.15, 0.2) is 22.7 Å². The van der Waals surface area contributed by atoms with Crippen LogP contribution in [0.3, 0.4) is 0 Å². The van der Waals surface area contributed by atoms with Crippen molar-refractivity contribution in [3.63, 3.8) is 0 Å². The number of aryl methyl sites for hydroxylation is 1. The number of halogens is 1. The molecule has 0 aliphatic heterocycles. The van der Waals surface area contributed by atoms with E-state index < -0.39 is 0 Å². The summed E-state index contributed by atoms with van der Waals surface area (Å²) in [4.78, 5) is 0. The minimum atomic E-state index is 0.403. The molecule has 2 rings (SSSR count). The highest BCUT2D eigenvalue weighted by molar-refractivity contribution is 6.17. The summed E-state index contributed by atoms with van der Waals surface area (Å²) in [5, 5.41) is 4.92. The molecular formula is C10H10ClNO. The fourth-order valence-corrected chi connectivity index (χ4v) is 1.54. The Morgan fingerprint density at radius 3 is 3.00 bits per heavy atom. The van der Waals surface area contributed by atoms with Crippen LogP contribution in [-0.4, -0.2) is 5.16 Å². The fraction of sp³-hybridized carbons (Fsp3) is 0.300. The lowest BCUT2D eigenvalue weighted by molar-refractivity contribution is 0.449. The first-order valence-electron chi connectivity index (χ1n) is 4.28. The molecule has 0 aliphatic rings. The molecule has 0 N–H and O–H groups in total. The largest absolute Gasteiger partial charge is 0.356 e. The maximum atomic E-state index is 5.72. The van der Waals surface area contributed by atoms with Crippen LogP contribution in [0.5, 0.6) is 0 Å². The van der Waals surface area contributed by atoms with E-state index in [1.165, 1.54) is 5.56 Å². The maximum absolute atomic E-state index is 5.72. The summed E-state index contributed by atoms with van der Waals surface area (Å²) >= 11 is 5.72. The van der Waals surface area contributed by atoms with Crippen LogP contribution >= 0.6 is 11.6 Å². The highest BCUT2D eigenvalue weighted by Crippen LogP contribution is 2.21. The summed E-state index contributed by atoms with van der Waals surface area (Å²) in [5.41, 5.74) is 2.92. The average Bonchev–Trinajstić information content (AvgIpc) is 2.59. The van der Waals surface area contributed by atoms with Gasteiger partial charge in [0.25, 0.3) is 0 Å². The van der Waals surface area contributed by atoms with Gasteiger partial charge in [-0.1, -0.05) is 18.1 Å². The lowest BCUT2D eigenvalue weighted by atomic mass is 10.1. The Labute approximate surface area is 81.5 Å². The quantitative estimate of drug-likeness (QED) is 0.689. The molecule has 0 amide bonds. The fourth-order valence-electron chi connectivity index (χ4n) is 1.35. The van der Waals surface area contributed by atoms with Gasteiger partial charge in [0.1, 0.15) is 5.69 Å². The standard InChI is InChI=1S/C10H10ClNO/c1-2-7-3-4-10-8(5-7)9(6-11)12-13-10/h3-5H,2,6H2,1H3. The number of rotatable bonds is 2. The van der Waals surface area contributed by atoms with Gasteiger partial charge in [-0.15, -0.1) is 11.6 Å². The van der Waals surface area contributed by atoms with Gasteiger partial charge in [-0.3, -0.25) is 0 Å². The molecule has 0 radical (unpaired) electrons. The number of hydrogen-bond acceptors (Lipinski definition) is 2. The van der Waals surface area contributed by atoms with E-state index in [0.29, 0.717) is 5.88 Å². The van der Waals surface area contributed by atoms with Crippen molar-refractivity contribution < 1.29 is 4.52 Å². The van der Waals surface area contributed by atoms with Crippen molar-refractivity contribution in [2.45, 2.75) is 19.2 Å². The maximum Gasteiger partial charge on any atom is 0.167 e. The zero-order chi connectivity index (χ0) is 9.26. The summed E-state index contributed by atoms with van der Waals surface area (Å²) in [6, 6.07) is 6.08. The minimum absolute atomic E-state index is 0.403. The summed E-state index contributed by atoms with van der Waals surface area (Å²) < 4.78 is 5.10. The van der Waals surface area contributed by atoms with Crippen molar-refractivity contribution in [2.75, 3.05) is 0 Å². The van der Waals surface area contributed by atoms with Crippen molar-refractivity contribution in [1.82, 2.24) is 5.16 Å². The van der Waals surface area contributed by atoms with E-state index in [9.17, 15) is 0 Å². The van der Waals surface area contributed by atoms with Gasteiger partial charge in [-0.25, -0.2) is 0 Å². The van der Waals surface area contributed by atoms with Crippen LogP contribution in [0.25, 0.3) is 11.0 Å². The molecular weight excluding hydrogens is 186 g/mol. The normalized spacial score (nSPS) is 10.9. The van der Waals surface area contributed by atoms with E-state index in [-0.39, 0.29) is 0 Å². The van der Waals surface area contributed by atoms with Crippen molar-refractivity contribution >= 4 is 22.6 Å². The smallest absolute Gasteiger partial charge is 0.167 e. The molecule has 0 atom stereocenters. The molecule has 0 saturated heterocycles. The highest BCUT2D eigenvalue weighted by Gasteiger charge is 2.06. The molecule has 1 aromatic heterocycles. The Morgan fingerprint density at radius 1 is 1.46 bits per heavy atom. The number of nitrogens with zero attached hydrogens (tertiary/aromatic N) is 1. The summed E-state index contributed by atoms with van der Waals surface area (Å²) in [5.74, 6) is 0.403. The van der Waals surface area contributed by atoms with Crippen LogP contribution in [-0.2, 0) is 12.3 Å². The molecule has 1 heterocycles. The van der Waals surface area contributed by atoms with E-state index in [1.807, 2.05) is 12.1 Å². The molecule has 0 aliphatic carbocycles. The van der Waals surface area contributed by atoms with Crippen LogP contribution in [0.1, 0.15) is 18.2 Å². The molecule has 0 saturated carbocycles. The lowest BCUT2D eigenvalue weighted by Crippen LogP contribution is -1.80. The molecule has 0 spiro atoms. The third kappa shape index (κ3) is 1.42. The molecule has 1 aromatic carbocycles. The molecule has 0 bridgehead atoms. The Bertz CT molecular complexity index is 422. The summed E-state index contributed by atoms with van der Waals surface area (Å²) in [6.07, 6.45) is 1.02. The van der Waals surface area contributed by atoms with Gasteiger partial charge >= 0.3 is 0 Å². The van der Waals surface area contributed by atoms with Gasteiger partial charge in [-0.05, 0) is 24.1 Å². The predicted octanol–water partition coefficient (Wildman–Crippen LogP) is 3.13. The predicted molar refractivity (Wildman–Crippen MR) is 52.9 cm³/mol. The topological polar surface area (TPSA) is 26.0 Å². The van der Waals surface area contributed by atoms with E-state index >= 15 is 0 Å². The van der Waals surface area contributed by atoms with Crippen LogP contribution in [0.4, 0.5) is 0 Å². The van der Waals surface area contributed by atoms with Gasteiger partial charge < -0.3 is 4.52 Å². The third-order valence-corrected chi connectivity index (χ3v) is 2.40. The first-order chi connectivity index (χ1) is 6.35. The molecule has 2 aromatic rings. The van der Waals surface area contributed by atoms with Crippen molar-refractivity contribution in [3.8, 4) is 0 Å². The molecule has 3 heteroatoms. The van der Waals surface area contributed by atoms with Crippen LogP contribution in [0, 0.1) is 0 Å². The SMILES string of the molecule is CCc1ccc2onc(CCl)c2c1. The number of aromatic nitrogens is 1. The molecule has 2 nitrogen and oxygen atoms in total. The Morgan fingerprint density at radius 2 is 2.31 bits per heavy atom. The van der Waals surface area contributed by atoms with Gasteiger partial charge in [0, 0.05) is 5.39 Å². The van der Waals surface area contributed by atoms with Crippen LogP contribution < -0.4 is 0 Å². The van der Waals surface area contributed by atoms with Gasteiger partial charge in [0.15, 0.2) is 5.58 Å². The van der Waals surface area contributed by atoms with E-state index in [1.54, 1.807) is 0 Å². The zero-order valence-electron chi connectivity index (χ0n) is 7.38. The zero-order valence-corrected chi connectivity index (χ0v) is 8.14. The second-order valence-electron chi connectivity index (χ2n) is 2.95. The number of benzene rings is 1. The van der Waals surface area contributed by atoms with E-state index in [2.05, 4.69) is 18.1 Å². The first kappa shape index (κ1) is 8.57. The molecule has 0 fully saturated rings. The van der Waals surface area contributed by atoms with Gasteiger partial charge in [0.05, 0.1) is 5.88 Å². The molecule has 0 unspecified atom stereocenters. The number of fused-ring (bicyclic) bond motifs is 1. The second kappa shape index (κ2) is 3.38. The summed E-state index contributed by atoms with van der Waals surface area (Å²) in [7, 11) is 0. The number of hydrogen-bond donors (Lipinski definition) is 0. The monoisotopic (exact) mass is 195 g/mol. The highest BCUT2D eigenvalue weighted by atomic mass is 35.5. The third-order valence-electron chi connectivity index (χ3n) is 2.14. The minimum Gasteiger partial charge on any atom is -0.356 e. The Balaban J connectivity index is 2.64. The Kier molecular flexibility index (Phi) is 2.23. The van der Waals surface area contributed by atoms with Crippen molar-refractivity contribution in [3.05, 3.63) is 29.5 Å². The van der Waals surface area contributed by atoms with E-state index in [0.717, 1.165) is 23.1 Å². The van der Waals surface area contributed by atoms with Crippen molar-refractivity contribution in [1.29, 1.82) is 0 Å². The first-order valence-corrected chi connectivity index (χ1v) is 4.81. The van der Waals surface area contributed by atoms with Crippen LogP contribution in [0.2, 0.25) is 0 Å². The second-order valence-corrected chi connectivity index (χ2v) is 3.21. The average molecular weight is 196 g/mol. The Hall–Kier alpha value is -1.02. The van der Waals surface area contributed by atoms with Gasteiger partial charge in [0.2, 0.25) is 0 Å². The van der Waals surface area contributed by atoms with Gasteiger partial charge in [-0.2, -0.15) is 0 Å². The lowest BCUT2D eigenvalue weighted by Gasteiger charge is -1.94. The molecule has 68 valence electrons. The van der Waals surface area contributed by atoms with E-state index in [4.69, 9.17) is 16.1 Å². The van der Waals surface area contributed by atoms with Crippen molar-refractivity contribution in [2.24, 2.45) is 0 Å². The number of alkyl halides is 1.